The molecule has 1 aromatic heterocycles. The van der Waals surface area contributed by atoms with Crippen molar-refractivity contribution in [3.63, 3.8) is 0 Å². The van der Waals surface area contributed by atoms with Crippen molar-refractivity contribution in [2.75, 3.05) is 0 Å². The van der Waals surface area contributed by atoms with Gasteiger partial charge in [-0.05, 0) is 28.1 Å². The Morgan fingerprint density at radius 2 is 1.76 bits per heavy atom. The van der Waals surface area contributed by atoms with E-state index in [0.29, 0.717) is 0 Å². The zero-order valence-electron chi connectivity index (χ0n) is 15.6. The van der Waals surface area contributed by atoms with Crippen LogP contribution in [0.15, 0.2) is 77.1 Å². The number of rotatable bonds is 3. The van der Waals surface area contributed by atoms with Crippen molar-refractivity contribution in [2.45, 2.75) is 23.9 Å². The number of hydrogen-bond donors (Lipinski definition) is 0. The lowest BCUT2D eigenvalue weighted by Crippen LogP contribution is -2.50. The number of benzene rings is 2. The van der Waals surface area contributed by atoms with E-state index in [2.05, 4.69) is 12.1 Å². The highest BCUT2D eigenvalue weighted by Gasteiger charge is 2.68. The number of aliphatic imine (C=N–C) groups is 1. The SMILES string of the molecule is O=C1C2C(c3cccs3)C3C=NC2(C(=O)N1Cc1ccccc1)c1ccccc13. The lowest BCUT2D eigenvalue weighted by molar-refractivity contribution is -0.141. The number of carbonyl (C=O) groups is 2. The van der Waals surface area contributed by atoms with Gasteiger partial charge in [-0.1, -0.05) is 60.7 Å². The van der Waals surface area contributed by atoms with Crippen molar-refractivity contribution in [1.29, 1.82) is 0 Å². The van der Waals surface area contributed by atoms with Gasteiger partial charge in [0, 0.05) is 22.9 Å². The van der Waals surface area contributed by atoms with Crippen LogP contribution in [0.5, 0.6) is 0 Å². The number of thiophene rings is 1. The van der Waals surface area contributed by atoms with Gasteiger partial charge in [-0.25, -0.2) is 0 Å². The molecule has 2 aromatic carbocycles. The van der Waals surface area contributed by atoms with E-state index in [1.54, 1.807) is 11.3 Å². The monoisotopic (exact) mass is 398 g/mol. The fraction of sp³-hybridized carbons (Fsp3) is 0.208. The number of amides is 2. The Morgan fingerprint density at radius 1 is 0.966 bits per heavy atom. The van der Waals surface area contributed by atoms with Gasteiger partial charge in [0.15, 0.2) is 5.54 Å². The lowest BCUT2D eigenvalue weighted by atomic mass is 9.58. The first-order valence-electron chi connectivity index (χ1n) is 9.79. The molecule has 4 unspecified atom stereocenters. The third-order valence-corrected chi connectivity index (χ3v) is 7.50. The van der Waals surface area contributed by atoms with Crippen LogP contribution in [0.25, 0.3) is 0 Å². The van der Waals surface area contributed by atoms with Gasteiger partial charge in [-0.15, -0.1) is 11.3 Å². The van der Waals surface area contributed by atoms with Crippen LogP contribution in [-0.4, -0.2) is 22.9 Å². The van der Waals surface area contributed by atoms with Crippen LogP contribution in [0, 0.1) is 5.92 Å². The largest absolute Gasteiger partial charge is 0.275 e. The Kier molecular flexibility index (Phi) is 3.47. The van der Waals surface area contributed by atoms with E-state index in [0.717, 1.165) is 21.6 Å². The van der Waals surface area contributed by atoms with Crippen LogP contribution in [0.3, 0.4) is 0 Å². The molecule has 0 radical (unpaired) electrons. The molecule has 5 heteroatoms. The second-order valence-corrected chi connectivity index (χ2v) is 8.87. The van der Waals surface area contributed by atoms with Crippen molar-refractivity contribution < 1.29 is 9.59 Å². The van der Waals surface area contributed by atoms with Gasteiger partial charge in [0.05, 0.1) is 12.5 Å². The Hall–Kier alpha value is -3.05. The molecule has 4 heterocycles. The molecule has 29 heavy (non-hydrogen) atoms. The molecule has 1 saturated heterocycles. The topological polar surface area (TPSA) is 49.7 Å². The molecule has 2 amide bonds. The first-order chi connectivity index (χ1) is 14.2. The zero-order valence-corrected chi connectivity index (χ0v) is 16.4. The predicted molar refractivity (Wildman–Crippen MR) is 112 cm³/mol. The van der Waals surface area contributed by atoms with E-state index in [-0.39, 0.29) is 30.2 Å². The van der Waals surface area contributed by atoms with Gasteiger partial charge in [-0.3, -0.25) is 19.5 Å². The van der Waals surface area contributed by atoms with E-state index < -0.39 is 11.5 Å². The molecule has 7 rings (SSSR count). The second-order valence-electron chi connectivity index (χ2n) is 7.89. The number of carbonyl (C=O) groups excluding carboxylic acids is 2. The van der Waals surface area contributed by atoms with Crippen molar-refractivity contribution in [1.82, 2.24) is 4.90 Å². The molecule has 2 bridgehead atoms. The summed E-state index contributed by atoms with van der Waals surface area (Å²) >= 11 is 1.65. The van der Waals surface area contributed by atoms with Gasteiger partial charge in [0.1, 0.15) is 0 Å². The Labute approximate surface area is 172 Å². The molecule has 0 N–H and O–H groups in total. The van der Waals surface area contributed by atoms with Crippen LogP contribution in [0.4, 0.5) is 0 Å². The van der Waals surface area contributed by atoms with E-state index in [1.165, 1.54) is 4.90 Å². The fourth-order valence-electron chi connectivity index (χ4n) is 5.33. The third kappa shape index (κ3) is 2.11. The Morgan fingerprint density at radius 3 is 2.55 bits per heavy atom. The first-order valence-corrected chi connectivity index (χ1v) is 10.7. The van der Waals surface area contributed by atoms with Gasteiger partial charge in [-0.2, -0.15) is 0 Å². The van der Waals surface area contributed by atoms with Gasteiger partial charge in [0.25, 0.3) is 5.91 Å². The van der Waals surface area contributed by atoms with Crippen LogP contribution in [-0.2, 0) is 21.7 Å². The number of likely N-dealkylation sites (tertiary alicyclic amines) is 1. The van der Waals surface area contributed by atoms with Crippen molar-refractivity contribution >= 4 is 29.4 Å². The average molecular weight is 398 g/mol. The molecule has 3 aliphatic heterocycles. The maximum atomic E-state index is 13.8. The van der Waals surface area contributed by atoms with Gasteiger partial charge in [0.2, 0.25) is 5.91 Å². The number of imide groups is 1. The molecule has 4 aliphatic rings. The molecule has 1 spiro atoms. The van der Waals surface area contributed by atoms with Crippen LogP contribution in [0.2, 0.25) is 0 Å². The van der Waals surface area contributed by atoms with E-state index in [1.807, 2.05) is 66.2 Å². The van der Waals surface area contributed by atoms with Gasteiger partial charge >= 0.3 is 0 Å². The minimum Gasteiger partial charge on any atom is -0.275 e. The summed E-state index contributed by atoms with van der Waals surface area (Å²) in [4.78, 5) is 34.9. The third-order valence-electron chi connectivity index (χ3n) is 6.52. The Bertz CT molecular complexity index is 1150. The van der Waals surface area contributed by atoms with Crippen molar-refractivity contribution in [2.24, 2.45) is 10.9 Å². The molecule has 4 atom stereocenters. The minimum atomic E-state index is -1.13. The second kappa shape index (κ2) is 5.97. The first kappa shape index (κ1) is 16.9. The van der Waals surface area contributed by atoms with Crippen LogP contribution < -0.4 is 0 Å². The predicted octanol–water partition coefficient (Wildman–Crippen LogP) is 4.09. The average Bonchev–Trinajstić information content (AvgIpc) is 3.38. The summed E-state index contributed by atoms with van der Waals surface area (Å²) < 4.78 is 0. The molecular formula is C24H18N2O2S. The van der Waals surface area contributed by atoms with E-state index >= 15 is 0 Å². The highest BCUT2D eigenvalue weighted by atomic mass is 32.1. The van der Waals surface area contributed by atoms with Crippen LogP contribution in [0.1, 0.15) is 33.4 Å². The maximum Gasteiger partial charge on any atom is 0.262 e. The standard InChI is InChI=1S/C24H18N2O2S/c27-22-21-20(19-11-6-12-29-19)17-13-25-24(21,18-10-5-4-9-16(17)18)23(28)26(22)14-15-7-2-1-3-8-15/h1-13,17,20-21H,14H2. The summed E-state index contributed by atoms with van der Waals surface area (Å²) in [6.07, 6.45) is 1.92. The molecule has 1 aliphatic carbocycles. The summed E-state index contributed by atoms with van der Waals surface area (Å²) in [7, 11) is 0. The zero-order chi connectivity index (χ0) is 19.6. The number of hydrogen-bond acceptors (Lipinski definition) is 4. The Balaban J connectivity index is 1.55. The van der Waals surface area contributed by atoms with E-state index in [4.69, 9.17) is 4.99 Å². The van der Waals surface area contributed by atoms with Crippen molar-refractivity contribution in [3.8, 4) is 0 Å². The molecular weight excluding hydrogens is 380 g/mol. The molecule has 142 valence electrons. The molecule has 0 saturated carbocycles. The quantitative estimate of drug-likeness (QED) is 0.624. The summed E-state index contributed by atoms with van der Waals surface area (Å²) in [6, 6.07) is 21.8. The van der Waals surface area contributed by atoms with E-state index in [9.17, 15) is 9.59 Å². The highest BCUT2D eigenvalue weighted by Crippen LogP contribution is 2.61. The normalized spacial score (nSPS) is 29.2. The summed E-state index contributed by atoms with van der Waals surface area (Å²) in [6.45, 7) is 0.288. The van der Waals surface area contributed by atoms with Gasteiger partial charge < -0.3 is 0 Å². The number of nitrogens with zero attached hydrogens (tertiary/aromatic N) is 2. The maximum absolute atomic E-state index is 13.8. The van der Waals surface area contributed by atoms with Crippen molar-refractivity contribution in [3.05, 3.63) is 93.7 Å². The smallest absolute Gasteiger partial charge is 0.262 e. The van der Waals surface area contributed by atoms with Crippen LogP contribution >= 0.6 is 11.3 Å². The summed E-state index contributed by atoms with van der Waals surface area (Å²) in [5.74, 6) is -0.819. The minimum absolute atomic E-state index is 0.0187. The summed E-state index contributed by atoms with van der Waals surface area (Å²) in [5.41, 5.74) is 1.84. The molecule has 4 nitrogen and oxygen atoms in total. The highest BCUT2D eigenvalue weighted by molar-refractivity contribution is 7.10. The lowest BCUT2D eigenvalue weighted by Gasteiger charge is -2.46. The fourth-order valence-corrected chi connectivity index (χ4v) is 6.24. The molecule has 3 aromatic rings. The molecule has 1 fully saturated rings. The summed E-state index contributed by atoms with van der Waals surface area (Å²) in [5, 5.41) is 2.04.